The van der Waals surface area contributed by atoms with Crippen molar-refractivity contribution in [2.45, 2.75) is 26.1 Å². The standard InChI is InChI=1S/C30H38N2O3.2ClH/c1-33-29-15-7-5-12-27(29)14-9-17-31-18-20-32(21-19-31)22-23-34-25-28-13-6-8-16-30(28)35-24-26-10-3-2-4-11-26;;/h2-8,10-13,15-16H,9,14,17-25H2,1H3;2*1H. The summed E-state index contributed by atoms with van der Waals surface area (Å²) in [5.41, 5.74) is 3.57. The number of aryl methyl sites for hydroxylation is 1. The van der Waals surface area contributed by atoms with Crippen molar-refractivity contribution in [3.05, 3.63) is 95.6 Å². The fourth-order valence-corrected chi connectivity index (χ4v) is 4.51. The molecule has 0 atom stereocenters. The highest BCUT2D eigenvalue weighted by atomic mass is 35.5. The van der Waals surface area contributed by atoms with Crippen LogP contribution in [0.25, 0.3) is 0 Å². The van der Waals surface area contributed by atoms with E-state index in [1.807, 2.05) is 48.5 Å². The van der Waals surface area contributed by atoms with Gasteiger partial charge in [-0.3, -0.25) is 4.90 Å². The number of methoxy groups -OCH3 is 1. The zero-order valence-corrected chi connectivity index (χ0v) is 23.4. The van der Waals surface area contributed by atoms with E-state index in [9.17, 15) is 0 Å². The van der Waals surface area contributed by atoms with E-state index in [-0.39, 0.29) is 24.8 Å². The van der Waals surface area contributed by atoms with Crippen LogP contribution < -0.4 is 9.47 Å². The van der Waals surface area contributed by atoms with Crippen LogP contribution in [0.1, 0.15) is 23.1 Å². The summed E-state index contributed by atoms with van der Waals surface area (Å²) in [6.45, 7) is 8.47. The number of halogens is 2. The molecular formula is C30H40Cl2N2O3. The van der Waals surface area contributed by atoms with E-state index in [0.29, 0.717) is 13.2 Å². The van der Waals surface area contributed by atoms with Crippen molar-refractivity contribution in [1.82, 2.24) is 9.80 Å². The van der Waals surface area contributed by atoms with Gasteiger partial charge in [-0.1, -0.05) is 66.7 Å². The minimum absolute atomic E-state index is 0. The Morgan fingerprint density at radius 1 is 0.649 bits per heavy atom. The lowest BCUT2D eigenvalue weighted by atomic mass is 10.1. The summed E-state index contributed by atoms with van der Waals surface area (Å²) in [6, 6.07) is 26.8. The van der Waals surface area contributed by atoms with Crippen molar-refractivity contribution in [2.75, 3.05) is 53.0 Å². The Balaban J connectivity index is 0.00000241. The van der Waals surface area contributed by atoms with Crippen LogP contribution in [0, 0.1) is 0 Å². The second-order valence-corrected chi connectivity index (χ2v) is 9.03. The van der Waals surface area contributed by atoms with Crippen LogP contribution in [-0.2, 0) is 24.4 Å². The fourth-order valence-electron chi connectivity index (χ4n) is 4.51. The van der Waals surface area contributed by atoms with Crippen molar-refractivity contribution < 1.29 is 14.2 Å². The van der Waals surface area contributed by atoms with Gasteiger partial charge in [0.2, 0.25) is 0 Å². The van der Waals surface area contributed by atoms with Crippen LogP contribution >= 0.6 is 24.8 Å². The first-order chi connectivity index (χ1) is 17.3. The molecule has 202 valence electrons. The Labute approximate surface area is 234 Å². The Hall–Kier alpha value is -2.28. The zero-order chi connectivity index (χ0) is 24.1. The maximum atomic E-state index is 6.05. The van der Waals surface area contributed by atoms with Gasteiger partial charge in [0.25, 0.3) is 0 Å². The van der Waals surface area contributed by atoms with E-state index in [1.54, 1.807) is 7.11 Å². The monoisotopic (exact) mass is 546 g/mol. The van der Waals surface area contributed by atoms with Crippen molar-refractivity contribution in [2.24, 2.45) is 0 Å². The Morgan fingerprint density at radius 2 is 1.24 bits per heavy atom. The molecule has 3 aromatic rings. The summed E-state index contributed by atoms with van der Waals surface area (Å²) in [6.07, 6.45) is 2.23. The third kappa shape index (κ3) is 10.2. The molecule has 4 rings (SSSR count). The molecule has 0 aliphatic carbocycles. The van der Waals surface area contributed by atoms with Crippen LogP contribution in [0.2, 0.25) is 0 Å². The molecule has 0 spiro atoms. The van der Waals surface area contributed by atoms with Gasteiger partial charge in [0.05, 0.1) is 20.3 Å². The summed E-state index contributed by atoms with van der Waals surface area (Å²) in [5.74, 6) is 1.90. The van der Waals surface area contributed by atoms with E-state index in [1.165, 1.54) is 11.1 Å². The number of hydrogen-bond donors (Lipinski definition) is 0. The summed E-state index contributed by atoms with van der Waals surface area (Å²) >= 11 is 0. The molecule has 0 unspecified atom stereocenters. The lowest BCUT2D eigenvalue weighted by molar-refractivity contribution is 0.0671. The first-order valence-corrected chi connectivity index (χ1v) is 12.7. The van der Waals surface area contributed by atoms with Crippen molar-refractivity contribution in [3.8, 4) is 11.5 Å². The highest BCUT2D eigenvalue weighted by molar-refractivity contribution is 5.85. The molecule has 5 nitrogen and oxygen atoms in total. The number of piperazine rings is 1. The van der Waals surface area contributed by atoms with Gasteiger partial charge in [0.1, 0.15) is 18.1 Å². The first kappa shape index (κ1) is 30.9. The van der Waals surface area contributed by atoms with Crippen molar-refractivity contribution in [3.63, 3.8) is 0 Å². The molecule has 1 aliphatic heterocycles. The molecule has 1 heterocycles. The van der Waals surface area contributed by atoms with Crippen LogP contribution in [0.15, 0.2) is 78.9 Å². The predicted molar refractivity (Wildman–Crippen MR) is 156 cm³/mol. The zero-order valence-electron chi connectivity index (χ0n) is 21.7. The molecule has 1 saturated heterocycles. The van der Waals surface area contributed by atoms with Gasteiger partial charge < -0.3 is 19.1 Å². The summed E-state index contributed by atoms with van der Waals surface area (Å²) in [5, 5.41) is 0. The van der Waals surface area contributed by atoms with E-state index < -0.39 is 0 Å². The average Bonchev–Trinajstić information content (AvgIpc) is 2.92. The Bertz CT molecular complexity index is 1010. The molecule has 0 saturated carbocycles. The molecule has 0 N–H and O–H groups in total. The number of benzene rings is 3. The van der Waals surface area contributed by atoms with Gasteiger partial charge in [0, 0.05) is 38.3 Å². The molecule has 0 amide bonds. The molecule has 3 aromatic carbocycles. The average molecular weight is 548 g/mol. The summed E-state index contributed by atoms with van der Waals surface area (Å²) in [7, 11) is 1.75. The molecule has 1 aliphatic rings. The lowest BCUT2D eigenvalue weighted by Crippen LogP contribution is -2.47. The fraction of sp³-hybridized carbons (Fsp3) is 0.400. The largest absolute Gasteiger partial charge is 0.496 e. The van der Waals surface area contributed by atoms with Crippen molar-refractivity contribution >= 4 is 24.8 Å². The second kappa shape index (κ2) is 17.3. The minimum Gasteiger partial charge on any atom is -0.496 e. The van der Waals surface area contributed by atoms with Crippen LogP contribution in [0.3, 0.4) is 0 Å². The van der Waals surface area contributed by atoms with Gasteiger partial charge in [-0.2, -0.15) is 0 Å². The molecule has 7 heteroatoms. The maximum Gasteiger partial charge on any atom is 0.125 e. The number of nitrogens with zero attached hydrogens (tertiary/aromatic N) is 2. The third-order valence-corrected chi connectivity index (χ3v) is 6.60. The predicted octanol–water partition coefficient (Wildman–Crippen LogP) is 5.88. The summed E-state index contributed by atoms with van der Waals surface area (Å²) in [4.78, 5) is 5.08. The first-order valence-electron chi connectivity index (χ1n) is 12.7. The highest BCUT2D eigenvalue weighted by Crippen LogP contribution is 2.21. The molecular weight excluding hydrogens is 507 g/mol. The van der Waals surface area contributed by atoms with E-state index in [2.05, 4.69) is 40.1 Å². The van der Waals surface area contributed by atoms with Crippen LogP contribution in [0.4, 0.5) is 0 Å². The number of rotatable bonds is 13. The smallest absolute Gasteiger partial charge is 0.125 e. The molecule has 0 aromatic heterocycles. The lowest BCUT2D eigenvalue weighted by Gasteiger charge is -2.34. The number of ether oxygens (including phenoxy) is 3. The van der Waals surface area contributed by atoms with Crippen LogP contribution in [0.5, 0.6) is 11.5 Å². The molecule has 0 bridgehead atoms. The van der Waals surface area contributed by atoms with Crippen molar-refractivity contribution in [1.29, 1.82) is 0 Å². The third-order valence-electron chi connectivity index (χ3n) is 6.60. The SMILES string of the molecule is COc1ccccc1CCCN1CCN(CCOCc2ccccc2OCc2ccccc2)CC1.Cl.Cl. The van der Waals surface area contributed by atoms with Gasteiger partial charge in [-0.05, 0) is 42.6 Å². The minimum atomic E-state index is 0. The van der Waals surface area contributed by atoms with E-state index in [0.717, 1.165) is 75.8 Å². The molecule has 1 fully saturated rings. The normalized spacial score (nSPS) is 13.9. The maximum absolute atomic E-state index is 6.05. The summed E-state index contributed by atoms with van der Waals surface area (Å²) < 4.78 is 17.6. The van der Waals surface area contributed by atoms with Gasteiger partial charge in [-0.25, -0.2) is 0 Å². The molecule has 37 heavy (non-hydrogen) atoms. The van der Waals surface area contributed by atoms with E-state index in [4.69, 9.17) is 14.2 Å². The van der Waals surface area contributed by atoms with Gasteiger partial charge in [-0.15, -0.1) is 24.8 Å². The Morgan fingerprint density at radius 3 is 1.95 bits per heavy atom. The van der Waals surface area contributed by atoms with Crippen LogP contribution in [-0.4, -0.2) is 62.8 Å². The highest BCUT2D eigenvalue weighted by Gasteiger charge is 2.16. The number of para-hydroxylation sites is 2. The van der Waals surface area contributed by atoms with E-state index >= 15 is 0 Å². The topological polar surface area (TPSA) is 34.2 Å². The Kier molecular flexibility index (Phi) is 14.4. The van der Waals surface area contributed by atoms with Gasteiger partial charge >= 0.3 is 0 Å². The van der Waals surface area contributed by atoms with Gasteiger partial charge in [0.15, 0.2) is 0 Å². The second-order valence-electron chi connectivity index (χ2n) is 9.03. The molecule has 0 radical (unpaired) electrons. The quantitative estimate of drug-likeness (QED) is 0.250. The number of hydrogen-bond acceptors (Lipinski definition) is 5.